The molecule has 0 amide bonds. The zero-order valence-corrected chi connectivity index (χ0v) is 18.4. The van der Waals surface area contributed by atoms with Gasteiger partial charge in [-0.2, -0.15) is 0 Å². The SMILES string of the molecule is CCCn1c(=O)c2c(nc(-c3ccccc3C(C)C)n2CCC(C)C)n(C)c1=O. The van der Waals surface area contributed by atoms with E-state index in [1.807, 2.05) is 23.6 Å². The number of imidazole rings is 1. The van der Waals surface area contributed by atoms with Crippen molar-refractivity contribution in [2.45, 2.75) is 66.5 Å². The third-order valence-electron chi connectivity index (χ3n) is 5.43. The van der Waals surface area contributed by atoms with Crippen LogP contribution in [0.1, 0.15) is 58.9 Å². The Balaban J connectivity index is 2.41. The van der Waals surface area contributed by atoms with Crippen molar-refractivity contribution < 1.29 is 0 Å². The highest BCUT2D eigenvalue weighted by molar-refractivity contribution is 5.78. The zero-order chi connectivity index (χ0) is 21.3. The Kier molecular flexibility index (Phi) is 6.10. The van der Waals surface area contributed by atoms with Crippen molar-refractivity contribution >= 4 is 11.2 Å². The normalized spacial score (nSPS) is 11.9. The first-order valence-electron chi connectivity index (χ1n) is 10.6. The summed E-state index contributed by atoms with van der Waals surface area (Å²) in [7, 11) is 1.70. The molecule has 2 heterocycles. The summed E-state index contributed by atoms with van der Waals surface area (Å²) >= 11 is 0. The van der Waals surface area contributed by atoms with Gasteiger partial charge in [0, 0.05) is 25.7 Å². The Morgan fingerprint density at radius 1 is 1.00 bits per heavy atom. The lowest BCUT2D eigenvalue weighted by atomic mass is 9.97. The molecule has 0 fully saturated rings. The van der Waals surface area contributed by atoms with Crippen LogP contribution in [0.15, 0.2) is 33.9 Å². The second-order valence-electron chi connectivity index (χ2n) is 8.48. The summed E-state index contributed by atoms with van der Waals surface area (Å²) in [5, 5.41) is 0. The maximum atomic E-state index is 13.3. The summed E-state index contributed by atoms with van der Waals surface area (Å²) in [5.41, 5.74) is 2.65. The number of hydrogen-bond acceptors (Lipinski definition) is 3. The predicted molar refractivity (Wildman–Crippen MR) is 119 cm³/mol. The van der Waals surface area contributed by atoms with E-state index in [1.54, 1.807) is 7.05 Å². The largest absolute Gasteiger partial charge is 0.332 e. The fourth-order valence-electron chi connectivity index (χ4n) is 3.81. The topological polar surface area (TPSA) is 61.8 Å². The van der Waals surface area contributed by atoms with Gasteiger partial charge in [0.2, 0.25) is 0 Å². The third-order valence-corrected chi connectivity index (χ3v) is 5.43. The van der Waals surface area contributed by atoms with Gasteiger partial charge < -0.3 is 4.57 Å². The molecule has 6 nitrogen and oxygen atoms in total. The fraction of sp³-hybridized carbons (Fsp3) is 0.522. The second kappa shape index (κ2) is 8.39. The van der Waals surface area contributed by atoms with Gasteiger partial charge in [-0.15, -0.1) is 0 Å². The first kappa shape index (κ1) is 21.1. The summed E-state index contributed by atoms with van der Waals surface area (Å²) < 4.78 is 4.89. The van der Waals surface area contributed by atoms with Gasteiger partial charge in [-0.05, 0) is 30.2 Å². The summed E-state index contributed by atoms with van der Waals surface area (Å²) in [5.74, 6) is 1.59. The van der Waals surface area contributed by atoms with Crippen molar-refractivity contribution in [3.8, 4) is 11.4 Å². The predicted octanol–water partition coefficient (Wildman–Crippen LogP) is 4.14. The molecule has 0 aliphatic rings. The van der Waals surface area contributed by atoms with E-state index in [0.717, 1.165) is 24.2 Å². The van der Waals surface area contributed by atoms with Gasteiger partial charge in [0.05, 0.1) is 0 Å². The zero-order valence-electron chi connectivity index (χ0n) is 18.4. The van der Waals surface area contributed by atoms with Gasteiger partial charge in [-0.1, -0.05) is 58.9 Å². The highest BCUT2D eigenvalue weighted by Crippen LogP contribution is 2.30. The molecule has 156 valence electrons. The molecular formula is C23H32N4O2. The Morgan fingerprint density at radius 3 is 2.31 bits per heavy atom. The van der Waals surface area contributed by atoms with Crippen LogP contribution >= 0.6 is 0 Å². The van der Waals surface area contributed by atoms with E-state index in [0.29, 0.717) is 36.1 Å². The van der Waals surface area contributed by atoms with Crippen LogP contribution in [0.25, 0.3) is 22.6 Å². The standard InChI is InChI=1S/C23H32N4O2/c1-7-13-27-22(28)19-21(25(6)23(27)29)24-20(26(19)14-12-15(2)3)18-11-9-8-10-17(18)16(4)5/h8-11,15-16H,7,12-14H2,1-6H3. The molecule has 1 aromatic carbocycles. The maximum Gasteiger partial charge on any atom is 0.332 e. The van der Waals surface area contributed by atoms with Crippen LogP contribution in [0, 0.1) is 5.92 Å². The highest BCUT2D eigenvalue weighted by Gasteiger charge is 2.22. The molecule has 0 N–H and O–H groups in total. The third kappa shape index (κ3) is 3.80. The molecule has 29 heavy (non-hydrogen) atoms. The molecule has 0 saturated heterocycles. The van der Waals surface area contributed by atoms with E-state index >= 15 is 0 Å². The molecule has 0 bridgehead atoms. The molecule has 6 heteroatoms. The van der Waals surface area contributed by atoms with Crippen molar-refractivity contribution in [3.63, 3.8) is 0 Å². The molecule has 3 rings (SSSR count). The number of aromatic nitrogens is 4. The number of benzene rings is 1. The van der Waals surface area contributed by atoms with Gasteiger partial charge in [0.25, 0.3) is 5.56 Å². The van der Waals surface area contributed by atoms with Crippen LogP contribution in [0.4, 0.5) is 0 Å². The summed E-state index contributed by atoms with van der Waals surface area (Å²) in [6, 6.07) is 8.21. The summed E-state index contributed by atoms with van der Waals surface area (Å²) in [6.07, 6.45) is 1.65. The van der Waals surface area contributed by atoms with E-state index in [-0.39, 0.29) is 11.2 Å². The Hall–Kier alpha value is -2.63. The molecule has 0 spiro atoms. The smallest absolute Gasteiger partial charge is 0.318 e. The molecule has 0 saturated carbocycles. The molecule has 0 radical (unpaired) electrons. The van der Waals surface area contributed by atoms with Crippen LogP contribution in [0.5, 0.6) is 0 Å². The lowest BCUT2D eigenvalue weighted by Crippen LogP contribution is -2.39. The maximum absolute atomic E-state index is 13.3. The Bertz CT molecular complexity index is 1130. The molecule has 3 aromatic rings. The number of hydrogen-bond donors (Lipinski definition) is 0. The van der Waals surface area contributed by atoms with Crippen LogP contribution in [-0.4, -0.2) is 18.7 Å². The van der Waals surface area contributed by atoms with Gasteiger partial charge >= 0.3 is 5.69 Å². The van der Waals surface area contributed by atoms with Crippen molar-refractivity contribution in [2.75, 3.05) is 0 Å². The lowest BCUT2D eigenvalue weighted by molar-refractivity contribution is 0.522. The van der Waals surface area contributed by atoms with E-state index in [1.165, 1.54) is 14.7 Å². The molecular weight excluding hydrogens is 364 g/mol. The Morgan fingerprint density at radius 2 is 1.69 bits per heavy atom. The number of fused-ring (bicyclic) bond motifs is 1. The van der Waals surface area contributed by atoms with Gasteiger partial charge in [-0.25, -0.2) is 9.78 Å². The average Bonchev–Trinajstić information content (AvgIpc) is 3.07. The van der Waals surface area contributed by atoms with Crippen molar-refractivity contribution in [1.82, 2.24) is 18.7 Å². The minimum Gasteiger partial charge on any atom is -0.318 e. The number of nitrogens with zero attached hydrogens (tertiary/aromatic N) is 4. The van der Waals surface area contributed by atoms with Crippen LogP contribution in [0.2, 0.25) is 0 Å². The molecule has 2 aromatic heterocycles. The highest BCUT2D eigenvalue weighted by atomic mass is 16.2. The monoisotopic (exact) mass is 396 g/mol. The van der Waals surface area contributed by atoms with E-state index in [9.17, 15) is 9.59 Å². The minimum atomic E-state index is -0.304. The number of rotatable bonds is 7. The van der Waals surface area contributed by atoms with Gasteiger partial charge in [0.15, 0.2) is 11.2 Å². The van der Waals surface area contributed by atoms with E-state index in [4.69, 9.17) is 4.98 Å². The van der Waals surface area contributed by atoms with E-state index < -0.39 is 0 Å². The Labute approximate surface area is 171 Å². The van der Waals surface area contributed by atoms with E-state index in [2.05, 4.69) is 39.8 Å². The minimum absolute atomic E-state index is 0.241. The summed E-state index contributed by atoms with van der Waals surface area (Å²) in [6.45, 7) is 11.7. The fourth-order valence-corrected chi connectivity index (χ4v) is 3.81. The quantitative estimate of drug-likeness (QED) is 0.603. The molecule has 0 atom stereocenters. The van der Waals surface area contributed by atoms with Crippen LogP contribution in [-0.2, 0) is 20.1 Å². The molecule has 0 aliphatic carbocycles. The first-order chi connectivity index (χ1) is 13.8. The van der Waals surface area contributed by atoms with Gasteiger partial charge in [0.1, 0.15) is 5.82 Å². The van der Waals surface area contributed by atoms with Crippen LogP contribution < -0.4 is 11.2 Å². The molecule has 0 unspecified atom stereocenters. The number of aryl methyl sites for hydroxylation is 2. The van der Waals surface area contributed by atoms with Gasteiger partial charge in [-0.3, -0.25) is 13.9 Å². The lowest BCUT2D eigenvalue weighted by Gasteiger charge is -2.15. The summed E-state index contributed by atoms with van der Waals surface area (Å²) in [4.78, 5) is 30.9. The van der Waals surface area contributed by atoms with Crippen molar-refractivity contribution in [3.05, 3.63) is 50.7 Å². The van der Waals surface area contributed by atoms with Crippen molar-refractivity contribution in [2.24, 2.45) is 13.0 Å². The second-order valence-corrected chi connectivity index (χ2v) is 8.48. The molecule has 0 aliphatic heterocycles. The van der Waals surface area contributed by atoms with Crippen molar-refractivity contribution in [1.29, 1.82) is 0 Å². The first-order valence-corrected chi connectivity index (χ1v) is 10.6. The van der Waals surface area contributed by atoms with Crippen LogP contribution in [0.3, 0.4) is 0 Å². The average molecular weight is 397 g/mol.